The average Bonchev–Trinajstić information content (AvgIpc) is 2.37. The molecule has 0 unspecified atom stereocenters. The van der Waals surface area contributed by atoms with Gasteiger partial charge >= 0.3 is 0 Å². The second-order valence-electron chi connectivity index (χ2n) is 3.75. The van der Waals surface area contributed by atoms with E-state index in [1.54, 1.807) is 24.3 Å². The van der Waals surface area contributed by atoms with Gasteiger partial charge in [-0.2, -0.15) is 0 Å². The van der Waals surface area contributed by atoms with Crippen LogP contribution in [0.2, 0.25) is 0 Å². The van der Waals surface area contributed by atoms with Crippen LogP contribution in [-0.2, 0) is 4.79 Å². The molecule has 4 nitrogen and oxygen atoms in total. The van der Waals surface area contributed by atoms with Crippen molar-refractivity contribution in [3.63, 3.8) is 0 Å². The lowest BCUT2D eigenvalue weighted by Gasteiger charge is -2.06. The predicted molar refractivity (Wildman–Crippen MR) is 66.7 cm³/mol. The molecule has 1 aromatic rings. The van der Waals surface area contributed by atoms with E-state index < -0.39 is 0 Å². The monoisotopic (exact) mass is 234 g/mol. The number of carbonyl (C=O) groups excluding carboxylic acids is 2. The lowest BCUT2D eigenvalue weighted by atomic mass is 10.2. The zero-order chi connectivity index (χ0) is 12.5. The first-order valence-electron chi connectivity index (χ1n) is 5.84. The zero-order valence-electron chi connectivity index (χ0n) is 10.0. The Morgan fingerprint density at radius 2 is 1.82 bits per heavy atom. The van der Waals surface area contributed by atoms with Gasteiger partial charge in [-0.05, 0) is 18.6 Å². The quantitative estimate of drug-likeness (QED) is 0.730. The molecule has 92 valence electrons. The van der Waals surface area contributed by atoms with Gasteiger partial charge in [0.15, 0.2) is 0 Å². The Morgan fingerprint density at radius 3 is 2.47 bits per heavy atom. The topological polar surface area (TPSA) is 58.2 Å². The molecule has 2 amide bonds. The van der Waals surface area contributed by atoms with Crippen LogP contribution in [0.15, 0.2) is 30.3 Å². The minimum atomic E-state index is -0.226. The molecule has 1 rings (SSSR count). The molecule has 17 heavy (non-hydrogen) atoms. The number of nitrogens with one attached hydrogen (secondary N) is 2. The smallest absolute Gasteiger partial charge is 0.251 e. The number of rotatable bonds is 6. The van der Waals surface area contributed by atoms with E-state index in [1.165, 1.54) is 0 Å². The molecule has 0 radical (unpaired) electrons. The maximum absolute atomic E-state index is 11.6. The van der Waals surface area contributed by atoms with Crippen LogP contribution >= 0.6 is 0 Å². The van der Waals surface area contributed by atoms with Gasteiger partial charge in [0.1, 0.15) is 0 Å². The van der Waals surface area contributed by atoms with Crippen LogP contribution < -0.4 is 10.6 Å². The summed E-state index contributed by atoms with van der Waals surface area (Å²) >= 11 is 0. The van der Waals surface area contributed by atoms with Crippen molar-refractivity contribution >= 4 is 11.8 Å². The first kappa shape index (κ1) is 13.2. The molecule has 0 aliphatic heterocycles. The predicted octanol–water partition coefficient (Wildman–Crippen LogP) is 1.33. The number of hydrogen-bond acceptors (Lipinski definition) is 2. The molecule has 0 atom stereocenters. The summed E-state index contributed by atoms with van der Waals surface area (Å²) < 4.78 is 0. The zero-order valence-corrected chi connectivity index (χ0v) is 10.0. The maximum atomic E-state index is 11.6. The second-order valence-corrected chi connectivity index (χ2v) is 3.75. The van der Waals surface area contributed by atoms with E-state index in [9.17, 15) is 9.59 Å². The van der Waals surface area contributed by atoms with Crippen molar-refractivity contribution in [1.29, 1.82) is 0 Å². The van der Waals surface area contributed by atoms with Crippen LogP contribution in [0, 0.1) is 0 Å². The number of benzene rings is 1. The van der Waals surface area contributed by atoms with Crippen molar-refractivity contribution < 1.29 is 9.59 Å². The highest BCUT2D eigenvalue weighted by Crippen LogP contribution is 1.97. The van der Waals surface area contributed by atoms with E-state index in [1.807, 2.05) is 6.07 Å². The molecule has 0 saturated carbocycles. The molecule has 0 spiro atoms. The van der Waals surface area contributed by atoms with Crippen LogP contribution in [-0.4, -0.2) is 24.9 Å². The van der Waals surface area contributed by atoms with Crippen LogP contribution in [0.4, 0.5) is 0 Å². The molecule has 0 saturated heterocycles. The molecule has 0 bridgehead atoms. The van der Waals surface area contributed by atoms with Gasteiger partial charge < -0.3 is 10.6 Å². The van der Waals surface area contributed by atoms with E-state index in [0.29, 0.717) is 12.1 Å². The minimum absolute atomic E-state index is 0.0252. The third-order valence-electron chi connectivity index (χ3n) is 2.30. The molecule has 0 heterocycles. The van der Waals surface area contributed by atoms with E-state index in [2.05, 4.69) is 17.6 Å². The summed E-state index contributed by atoms with van der Waals surface area (Å²) in [7, 11) is 0. The molecule has 0 fully saturated rings. The number of unbranched alkanes of at least 4 members (excludes halogenated alkanes) is 1. The summed E-state index contributed by atoms with van der Waals surface area (Å²) in [5, 5.41) is 5.31. The summed E-state index contributed by atoms with van der Waals surface area (Å²) in [5.74, 6) is -0.376. The van der Waals surface area contributed by atoms with E-state index in [-0.39, 0.29) is 18.4 Å². The standard InChI is InChI=1S/C13H18N2O2/c1-2-3-9-14-12(16)10-15-13(17)11-7-5-4-6-8-11/h4-8H,2-3,9-10H2,1H3,(H,14,16)(H,15,17). The Bertz CT molecular complexity index is 363. The largest absolute Gasteiger partial charge is 0.355 e. The fourth-order valence-corrected chi connectivity index (χ4v) is 1.32. The highest BCUT2D eigenvalue weighted by molar-refractivity contribution is 5.96. The van der Waals surface area contributed by atoms with Crippen molar-refractivity contribution in [2.24, 2.45) is 0 Å². The minimum Gasteiger partial charge on any atom is -0.355 e. The molecule has 0 aromatic heterocycles. The summed E-state index contributed by atoms with van der Waals surface area (Å²) in [6, 6.07) is 8.84. The van der Waals surface area contributed by atoms with Crippen LogP contribution in [0.1, 0.15) is 30.1 Å². The van der Waals surface area contributed by atoms with Crippen molar-refractivity contribution in [2.75, 3.05) is 13.1 Å². The number of hydrogen-bond donors (Lipinski definition) is 2. The van der Waals surface area contributed by atoms with Crippen LogP contribution in [0.3, 0.4) is 0 Å². The first-order valence-corrected chi connectivity index (χ1v) is 5.84. The van der Waals surface area contributed by atoms with Crippen molar-refractivity contribution in [3.8, 4) is 0 Å². The lowest BCUT2D eigenvalue weighted by molar-refractivity contribution is -0.120. The SMILES string of the molecule is CCCCNC(=O)CNC(=O)c1ccccc1. The fraction of sp³-hybridized carbons (Fsp3) is 0.385. The first-order chi connectivity index (χ1) is 8.24. The number of carbonyl (C=O) groups is 2. The van der Waals surface area contributed by atoms with Crippen LogP contribution in [0.25, 0.3) is 0 Å². The molecule has 0 aliphatic rings. The van der Waals surface area contributed by atoms with Gasteiger partial charge in [-0.3, -0.25) is 9.59 Å². The maximum Gasteiger partial charge on any atom is 0.251 e. The van der Waals surface area contributed by atoms with E-state index >= 15 is 0 Å². The Kier molecular flexibility index (Phi) is 5.79. The summed E-state index contributed by atoms with van der Waals surface area (Å²) in [6.07, 6.45) is 2.00. The highest BCUT2D eigenvalue weighted by Gasteiger charge is 2.06. The van der Waals surface area contributed by atoms with Crippen LogP contribution in [0.5, 0.6) is 0 Å². The Morgan fingerprint density at radius 1 is 1.12 bits per heavy atom. The third kappa shape index (κ3) is 5.15. The van der Waals surface area contributed by atoms with Gasteiger partial charge in [-0.1, -0.05) is 31.5 Å². The molecule has 1 aromatic carbocycles. The lowest BCUT2D eigenvalue weighted by Crippen LogP contribution is -2.37. The number of amides is 2. The van der Waals surface area contributed by atoms with Gasteiger partial charge in [-0.15, -0.1) is 0 Å². The Balaban J connectivity index is 2.26. The van der Waals surface area contributed by atoms with Gasteiger partial charge in [0, 0.05) is 12.1 Å². The van der Waals surface area contributed by atoms with Crippen molar-refractivity contribution in [2.45, 2.75) is 19.8 Å². The molecule has 0 aliphatic carbocycles. The summed E-state index contributed by atoms with van der Waals surface area (Å²) in [6.45, 7) is 2.75. The fourth-order valence-electron chi connectivity index (χ4n) is 1.32. The second kappa shape index (κ2) is 7.44. The van der Waals surface area contributed by atoms with E-state index in [0.717, 1.165) is 12.8 Å². The Labute approximate surface area is 101 Å². The molecule has 2 N–H and O–H groups in total. The Hall–Kier alpha value is -1.84. The van der Waals surface area contributed by atoms with Gasteiger partial charge in [0.25, 0.3) is 5.91 Å². The summed E-state index contributed by atoms with van der Waals surface area (Å²) in [4.78, 5) is 22.9. The van der Waals surface area contributed by atoms with Gasteiger partial charge in [0.2, 0.25) is 5.91 Å². The highest BCUT2D eigenvalue weighted by atomic mass is 16.2. The average molecular weight is 234 g/mol. The third-order valence-corrected chi connectivity index (χ3v) is 2.30. The molecular formula is C13H18N2O2. The van der Waals surface area contributed by atoms with Gasteiger partial charge in [-0.25, -0.2) is 0 Å². The molecular weight excluding hydrogens is 216 g/mol. The summed E-state index contributed by atoms with van der Waals surface area (Å²) in [5.41, 5.74) is 0.564. The van der Waals surface area contributed by atoms with E-state index in [4.69, 9.17) is 0 Å². The van der Waals surface area contributed by atoms with Gasteiger partial charge in [0.05, 0.1) is 6.54 Å². The van der Waals surface area contributed by atoms with Crippen molar-refractivity contribution in [3.05, 3.63) is 35.9 Å². The molecule has 4 heteroatoms. The van der Waals surface area contributed by atoms with Crippen molar-refractivity contribution in [1.82, 2.24) is 10.6 Å². The normalized spacial score (nSPS) is 9.71.